The van der Waals surface area contributed by atoms with Crippen LogP contribution in [0.5, 0.6) is 0 Å². The zero-order chi connectivity index (χ0) is 15.5. The summed E-state index contributed by atoms with van der Waals surface area (Å²) >= 11 is 1.26. The topological polar surface area (TPSA) is 71.1 Å². The minimum Gasteiger partial charge on any atom is -0.317 e. The van der Waals surface area contributed by atoms with Gasteiger partial charge >= 0.3 is 11.8 Å². The number of aromatic nitrogens is 1. The molecule has 0 radical (unpaired) electrons. The predicted octanol–water partition coefficient (Wildman–Crippen LogP) is 3.02. The summed E-state index contributed by atoms with van der Waals surface area (Å²) in [6, 6.07) is 7.46. The SMILES string of the molecule is CC(C)(C)c1ccccc1NC(=O)C(=O)Nc1nccs1. The number of nitrogens with one attached hydrogen (secondary N) is 2. The van der Waals surface area contributed by atoms with E-state index in [1.807, 2.05) is 39.0 Å². The van der Waals surface area contributed by atoms with Crippen LogP contribution in [0.1, 0.15) is 26.3 Å². The van der Waals surface area contributed by atoms with Gasteiger partial charge < -0.3 is 5.32 Å². The van der Waals surface area contributed by atoms with Gasteiger partial charge in [-0.15, -0.1) is 11.3 Å². The summed E-state index contributed by atoms with van der Waals surface area (Å²) in [5, 5.41) is 7.24. The average molecular weight is 303 g/mol. The van der Waals surface area contributed by atoms with E-state index in [1.165, 1.54) is 11.3 Å². The molecule has 0 aliphatic rings. The third-order valence-corrected chi connectivity index (χ3v) is 3.53. The number of rotatable bonds is 2. The quantitative estimate of drug-likeness (QED) is 0.838. The molecule has 1 aromatic carbocycles. The molecule has 21 heavy (non-hydrogen) atoms. The molecule has 2 rings (SSSR count). The number of para-hydroxylation sites is 1. The second kappa shape index (κ2) is 6.05. The Morgan fingerprint density at radius 1 is 1.10 bits per heavy atom. The van der Waals surface area contributed by atoms with Crippen molar-refractivity contribution >= 4 is 34.0 Å². The smallest absolute Gasteiger partial charge is 0.315 e. The summed E-state index contributed by atoms with van der Waals surface area (Å²) in [6.07, 6.45) is 1.56. The van der Waals surface area contributed by atoms with Gasteiger partial charge in [0, 0.05) is 17.3 Å². The summed E-state index contributed by atoms with van der Waals surface area (Å²) in [7, 11) is 0. The third-order valence-electron chi connectivity index (χ3n) is 2.84. The molecule has 0 saturated carbocycles. The van der Waals surface area contributed by atoms with Crippen molar-refractivity contribution in [2.75, 3.05) is 10.6 Å². The van der Waals surface area contributed by atoms with Crippen LogP contribution in [-0.2, 0) is 15.0 Å². The first-order chi connectivity index (χ1) is 9.88. The van der Waals surface area contributed by atoms with E-state index in [1.54, 1.807) is 17.6 Å². The molecule has 0 aliphatic carbocycles. The highest BCUT2D eigenvalue weighted by Crippen LogP contribution is 2.29. The lowest BCUT2D eigenvalue weighted by Gasteiger charge is -2.22. The van der Waals surface area contributed by atoms with E-state index in [4.69, 9.17) is 0 Å². The third kappa shape index (κ3) is 3.88. The Balaban J connectivity index is 2.11. The van der Waals surface area contributed by atoms with Crippen LogP contribution in [0.15, 0.2) is 35.8 Å². The average Bonchev–Trinajstić information content (AvgIpc) is 2.91. The fraction of sp³-hybridized carbons (Fsp3) is 0.267. The van der Waals surface area contributed by atoms with E-state index in [0.29, 0.717) is 10.8 Å². The van der Waals surface area contributed by atoms with E-state index in [0.717, 1.165) is 5.56 Å². The molecule has 2 amide bonds. The summed E-state index contributed by atoms with van der Waals surface area (Å²) in [5.74, 6) is -1.43. The Morgan fingerprint density at radius 3 is 2.38 bits per heavy atom. The number of nitrogens with zero attached hydrogens (tertiary/aromatic N) is 1. The molecule has 1 heterocycles. The van der Waals surface area contributed by atoms with Crippen molar-refractivity contribution in [3.05, 3.63) is 41.4 Å². The van der Waals surface area contributed by atoms with Gasteiger partial charge in [-0.2, -0.15) is 0 Å². The van der Waals surface area contributed by atoms with Gasteiger partial charge in [-0.3, -0.25) is 14.9 Å². The number of hydrogen-bond acceptors (Lipinski definition) is 4. The van der Waals surface area contributed by atoms with E-state index in [2.05, 4.69) is 15.6 Å². The number of anilines is 2. The van der Waals surface area contributed by atoms with E-state index in [9.17, 15) is 9.59 Å². The first-order valence-corrected chi connectivity index (χ1v) is 7.37. The minimum atomic E-state index is -0.728. The summed E-state index contributed by atoms with van der Waals surface area (Å²) < 4.78 is 0. The first-order valence-electron chi connectivity index (χ1n) is 6.49. The lowest BCUT2D eigenvalue weighted by Crippen LogP contribution is -2.30. The molecule has 2 aromatic rings. The van der Waals surface area contributed by atoms with E-state index in [-0.39, 0.29) is 5.41 Å². The number of carbonyl (C=O) groups excluding carboxylic acids is 2. The van der Waals surface area contributed by atoms with Gasteiger partial charge in [0.2, 0.25) is 0 Å². The molecule has 0 bridgehead atoms. The second-order valence-corrected chi connectivity index (χ2v) is 6.44. The van der Waals surface area contributed by atoms with E-state index >= 15 is 0 Å². The van der Waals surface area contributed by atoms with Gasteiger partial charge in [0.05, 0.1) is 0 Å². The lowest BCUT2D eigenvalue weighted by atomic mass is 9.86. The molecule has 0 spiro atoms. The maximum atomic E-state index is 12.0. The van der Waals surface area contributed by atoms with Crippen LogP contribution in [0, 0.1) is 0 Å². The summed E-state index contributed by atoms with van der Waals surface area (Å²) in [6.45, 7) is 6.15. The molecule has 0 atom stereocenters. The standard InChI is InChI=1S/C15H17N3O2S/c1-15(2,3)10-6-4-5-7-11(10)17-12(19)13(20)18-14-16-8-9-21-14/h4-9H,1-3H3,(H,17,19)(H,16,18,20). The van der Waals surface area contributed by atoms with Crippen LogP contribution in [0.4, 0.5) is 10.8 Å². The number of carbonyl (C=O) groups is 2. The number of hydrogen-bond donors (Lipinski definition) is 2. The van der Waals surface area contributed by atoms with Crippen molar-refractivity contribution in [2.45, 2.75) is 26.2 Å². The lowest BCUT2D eigenvalue weighted by molar-refractivity contribution is -0.133. The van der Waals surface area contributed by atoms with Crippen molar-refractivity contribution in [2.24, 2.45) is 0 Å². The van der Waals surface area contributed by atoms with Crippen LogP contribution >= 0.6 is 11.3 Å². The zero-order valence-electron chi connectivity index (χ0n) is 12.1. The van der Waals surface area contributed by atoms with E-state index < -0.39 is 11.8 Å². The zero-order valence-corrected chi connectivity index (χ0v) is 13.0. The van der Waals surface area contributed by atoms with Crippen LogP contribution in [0.3, 0.4) is 0 Å². The maximum absolute atomic E-state index is 12.0. The molecule has 0 fully saturated rings. The molecular formula is C15H17N3O2S. The van der Waals surface area contributed by atoms with Gasteiger partial charge in [0.25, 0.3) is 0 Å². The molecular weight excluding hydrogens is 286 g/mol. The van der Waals surface area contributed by atoms with Crippen LogP contribution in [-0.4, -0.2) is 16.8 Å². The molecule has 6 heteroatoms. The van der Waals surface area contributed by atoms with Gasteiger partial charge in [-0.05, 0) is 17.0 Å². The predicted molar refractivity (Wildman–Crippen MR) is 84.5 cm³/mol. The maximum Gasteiger partial charge on any atom is 0.315 e. The number of benzene rings is 1. The molecule has 1 aromatic heterocycles. The Bertz CT molecular complexity index is 645. The molecule has 0 unspecified atom stereocenters. The number of thiazole rings is 1. The highest BCUT2D eigenvalue weighted by Gasteiger charge is 2.21. The molecule has 0 aliphatic heterocycles. The largest absolute Gasteiger partial charge is 0.317 e. The van der Waals surface area contributed by atoms with Crippen LogP contribution in [0.2, 0.25) is 0 Å². The normalized spacial score (nSPS) is 11.0. The number of amides is 2. The highest BCUT2D eigenvalue weighted by molar-refractivity contribution is 7.13. The van der Waals surface area contributed by atoms with Gasteiger partial charge in [0.1, 0.15) is 0 Å². The van der Waals surface area contributed by atoms with Crippen molar-refractivity contribution in [1.82, 2.24) is 4.98 Å². The molecule has 110 valence electrons. The van der Waals surface area contributed by atoms with Crippen molar-refractivity contribution in [1.29, 1.82) is 0 Å². The Morgan fingerprint density at radius 2 is 1.76 bits per heavy atom. The minimum absolute atomic E-state index is 0.129. The molecule has 5 nitrogen and oxygen atoms in total. The van der Waals surface area contributed by atoms with Crippen molar-refractivity contribution in [3.63, 3.8) is 0 Å². The summed E-state index contributed by atoms with van der Waals surface area (Å²) in [4.78, 5) is 27.7. The Hall–Kier alpha value is -2.21. The van der Waals surface area contributed by atoms with Crippen LogP contribution in [0.25, 0.3) is 0 Å². The second-order valence-electron chi connectivity index (χ2n) is 5.54. The van der Waals surface area contributed by atoms with Crippen molar-refractivity contribution < 1.29 is 9.59 Å². The Labute approximate surface area is 127 Å². The van der Waals surface area contributed by atoms with Gasteiger partial charge in [0.15, 0.2) is 5.13 Å². The van der Waals surface area contributed by atoms with Gasteiger partial charge in [-0.25, -0.2) is 4.98 Å². The first kappa shape index (κ1) is 15.2. The monoisotopic (exact) mass is 303 g/mol. The molecule has 0 saturated heterocycles. The van der Waals surface area contributed by atoms with Crippen molar-refractivity contribution in [3.8, 4) is 0 Å². The fourth-order valence-electron chi connectivity index (χ4n) is 1.86. The Kier molecular flexibility index (Phi) is 4.37. The van der Waals surface area contributed by atoms with Gasteiger partial charge in [-0.1, -0.05) is 39.0 Å². The fourth-order valence-corrected chi connectivity index (χ4v) is 2.39. The molecule has 2 N–H and O–H groups in total. The van der Waals surface area contributed by atoms with Crippen LogP contribution < -0.4 is 10.6 Å². The highest BCUT2D eigenvalue weighted by atomic mass is 32.1. The summed E-state index contributed by atoms with van der Waals surface area (Å²) in [5.41, 5.74) is 1.49.